The molecule has 0 unspecified atom stereocenters. The number of likely N-dealkylation sites (tertiary alicyclic amines) is 1. The highest BCUT2D eigenvalue weighted by Gasteiger charge is 2.50. The Hall–Kier alpha value is -1.63. The van der Waals surface area contributed by atoms with Gasteiger partial charge in [0.05, 0.1) is 6.54 Å². The molecule has 0 aliphatic carbocycles. The molecule has 6 nitrogen and oxygen atoms in total. The Morgan fingerprint density at radius 2 is 2.33 bits per heavy atom. The van der Waals surface area contributed by atoms with Gasteiger partial charge in [-0.15, -0.1) is 0 Å². The van der Waals surface area contributed by atoms with Gasteiger partial charge in [0, 0.05) is 25.3 Å². The van der Waals surface area contributed by atoms with Gasteiger partial charge in [-0.05, 0) is 45.1 Å². The van der Waals surface area contributed by atoms with Gasteiger partial charge in [0.25, 0.3) is 5.91 Å². The van der Waals surface area contributed by atoms with Crippen molar-refractivity contribution in [3.8, 4) is 5.75 Å². The molecule has 1 aromatic rings. The van der Waals surface area contributed by atoms with E-state index in [-0.39, 0.29) is 5.91 Å². The summed E-state index contributed by atoms with van der Waals surface area (Å²) in [4.78, 5) is 16.5. The second kappa shape index (κ2) is 7.09. The van der Waals surface area contributed by atoms with Crippen molar-refractivity contribution in [3.63, 3.8) is 0 Å². The molecule has 1 aromatic carbocycles. The number of hydrogen-bond donors (Lipinski definition) is 1. The van der Waals surface area contributed by atoms with Crippen molar-refractivity contribution in [1.29, 1.82) is 0 Å². The lowest BCUT2D eigenvalue weighted by Crippen LogP contribution is -2.41. The molecule has 24 heavy (non-hydrogen) atoms. The van der Waals surface area contributed by atoms with E-state index in [4.69, 9.17) is 9.47 Å². The van der Waals surface area contributed by atoms with Crippen molar-refractivity contribution in [2.24, 2.45) is 0 Å². The fourth-order valence-electron chi connectivity index (χ4n) is 3.38. The fraction of sp³-hybridized carbons (Fsp3) is 0.611. The number of ether oxygens (including phenoxy) is 2. The number of aliphatic hydroxyl groups is 1. The van der Waals surface area contributed by atoms with E-state index in [1.807, 2.05) is 31.1 Å². The van der Waals surface area contributed by atoms with Gasteiger partial charge >= 0.3 is 0 Å². The van der Waals surface area contributed by atoms with Gasteiger partial charge in [-0.25, -0.2) is 0 Å². The van der Waals surface area contributed by atoms with Crippen molar-refractivity contribution in [1.82, 2.24) is 9.80 Å². The minimum Gasteiger partial charge on any atom is -0.492 e. The third-order valence-electron chi connectivity index (χ3n) is 4.77. The molecule has 0 aromatic heterocycles. The predicted octanol–water partition coefficient (Wildman–Crippen LogP) is 0.993. The number of hydrogen-bond acceptors (Lipinski definition) is 5. The Bertz CT molecular complexity index is 584. The van der Waals surface area contributed by atoms with E-state index in [0.29, 0.717) is 37.6 Å². The second-order valence-corrected chi connectivity index (χ2v) is 6.90. The molecule has 0 bridgehead atoms. The SMILES string of the molecule is CN(C)CCOc1cccc(C(=O)N2C[C@H](O)[C@]3(CCCO3)C2)c1. The zero-order valence-corrected chi connectivity index (χ0v) is 14.4. The van der Waals surface area contributed by atoms with E-state index in [0.717, 1.165) is 19.4 Å². The van der Waals surface area contributed by atoms with Crippen LogP contribution in [0.4, 0.5) is 0 Å². The maximum absolute atomic E-state index is 12.8. The number of rotatable bonds is 5. The molecule has 0 saturated carbocycles. The number of amides is 1. The largest absolute Gasteiger partial charge is 0.492 e. The monoisotopic (exact) mass is 334 g/mol. The van der Waals surface area contributed by atoms with Crippen molar-refractivity contribution < 1.29 is 19.4 Å². The van der Waals surface area contributed by atoms with Crippen LogP contribution in [0.15, 0.2) is 24.3 Å². The molecular formula is C18H26N2O4. The van der Waals surface area contributed by atoms with Gasteiger partial charge in [-0.1, -0.05) is 6.07 Å². The zero-order chi connectivity index (χ0) is 17.2. The van der Waals surface area contributed by atoms with Crippen molar-refractivity contribution in [2.45, 2.75) is 24.5 Å². The van der Waals surface area contributed by atoms with Crippen LogP contribution in [0.1, 0.15) is 23.2 Å². The molecule has 2 heterocycles. The van der Waals surface area contributed by atoms with Crippen LogP contribution in [0, 0.1) is 0 Å². The molecule has 132 valence electrons. The van der Waals surface area contributed by atoms with Crippen LogP contribution in [-0.2, 0) is 4.74 Å². The number of β-amino-alcohol motifs (C(OH)–C–C–N with tert-alkyl or cyclic N) is 1. The molecule has 3 rings (SSSR count). The number of carbonyl (C=O) groups excluding carboxylic acids is 1. The summed E-state index contributed by atoms with van der Waals surface area (Å²) in [7, 11) is 3.98. The standard InChI is InChI=1S/C18H26N2O4/c1-19(2)8-10-23-15-6-3-5-14(11-15)17(22)20-12-16(21)18(13-20)7-4-9-24-18/h3,5-6,11,16,21H,4,7-10,12-13H2,1-2H3/t16-,18-/m0/s1. The minimum absolute atomic E-state index is 0.0838. The first-order valence-electron chi connectivity index (χ1n) is 8.49. The van der Waals surface area contributed by atoms with Crippen LogP contribution in [0.3, 0.4) is 0 Å². The predicted molar refractivity (Wildman–Crippen MR) is 90.3 cm³/mol. The van der Waals surface area contributed by atoms with Crippen LogP contribution in [0.5, 0.6) is 5.75 Å². The minimum atomic E-state index is -0.608. The normalized spacial score (nSPS) is 26.5. The van der Waals surface area contributed by atoms with Gasteiger partial charge in [0.2, 0.25) is 0 Å². The molecule has 2 atom stereocenters. The summed E-state index contributed by atoms with van der Waals surface area (Å²) in [5.74, 6) is 0.605. The first kappa shape index (κ1) is 17.2. The Balaban J connectivity index is 1.65. The third kappa shape index (κ3) is 3.55. The lowest BCUT2D eigenvalue weighted by atomic mass is 9.97. The molecule has 2 fully saturated rings. The highest BCUT2D eigenvalue weighted by atomic mass is 16.5. The lowest BCUT2D eigenvalue weighted by Gasteiger charge is -2.25. The molecule has 1 N–H and O–H groups in total. The Morgan fingerprint density at radius 3 is 3.04 bits per heavy atom. The average Bonchev–Trinajstić information content (AvgIpc) is 3.15. The van der Waals surface area contributed by atoms with E-state index in [1.165, 1.54) is 0 Å². The highest BCUT2D eigenvalue weighted by molar-refractivity contribution is 5.95. The van der Waals surface area contributed by atoms with Crippen LogP contribution < -0.4 is 4.74 Å². The fourth-order valence-corrected chi connectivity index (χ4v) is 3.38. The van der Waals surface area contributed by atoms with Crippen molar-refractivity contribution >= 4 is 5.91 Å². The van der Waals surface area contributed by atoms with E-state index in [1.54, 1.807) is 17.0 Å². The maximum atomic E-state index is 12.8. The molecule has 2 saturated heterocycles. The number of nitrogens with zero attached hydrogens (tertiary/aromatic N) is 2. The molecule has 1 spiro atoms. The van der Waals surface area contributed by atoms with E-state index in [9.17, 15) is 9.90 Å². The van der Waals surface area contributed by atoms with Gasteiger partial charge in [-0.3, -0.25) is 4.79 Å². The first-order valence-corrected chi connectivity index (χ1v) is 8.49. The summed E-state index contributed by atoms with van der Waals surface area (Å²) in [6.45, 7) is 2.83. The van der Waals surface area contributed by atoms with E-state index in [2.05, 4.69) is 0 Å². The highest BCUT2D eigenvalue weighted by Crippen LogP contribution is 2.35. The Kier molecular flexibility index (Phi) is 5.08. The van der Waals surface area contributed by atoms with E-state index >= 15 is 0 Å². The molecule has 2 aliphatic heterocycles. The molecule has 0 radical (unpaired) electrons. The Labute approximate surface area is 143 Å². The number of benzene rings is 1. The van der Waals surface area contributed by atoms with Crippen molar-refractivity contribution in [2.75, 3.05) is 46.9 Å². The number of aliphatic hydroxyl groups excluding tert-OH is 1. The lowest BCUT2D eigenvalue weighted by molar-refractivity contribution is -0.0590. The van der Waals surface area contributed by atoms with E-state index < -0.39 is 11.7 Å². The first-order chi connectivity index (χ1) is 11.5. The summed E-state index contributed by atoms with van der Waals surface area (Å²) in [5, 5.41) is 10.3. The maximum Gasteiger partial charge on any atom is 0.254 e. The van der Waals surface area contributed by atoms with Crippen LogP contribution in [0.25, 0.3) is 0 Å². The number of likely N-dealkylation sites (N-methyl/N-ethyl adjacent to an activating group) is 1. The van der Waals surface area contributed by atoms with Crippen LogP contribution in [-0.4, -0.2) is 79.5 Å². The van der Waals surface area contributed by atoms with Gasteiger partial charge in [0.1, 0.15) is 24.1 Å². The third-order valence-corrected chi connectivity index (χ3v) is 4.77. The molecule has 1 amide bonds. The molecule has 6 heteroatoms. The Morgan fingerprint density at radius 1 is 1.50 bits per heavy atom. The van der Waals surface area contributed by atoms with Crippen LogP contribution >= 0.6 is 0 Å². The summed E-state index contributed by atoms with van der Waals surface area (Å²) < 4.78 is 11.5. The summed E-state index contributed by atoms with van der Waals surface area (Å²) in [5.41, 5.74) is 0.0229. The number of carbonyl (C=O) groups is 1. The smallest absolute Gasteiger partial charge is 0.254 e. The molecule has 2 aliphatic rings. The summed E-state index contributed by atoms with van der Waals surface area (Å²) >= 11 is 0. The van der Waals surface area contributed by atoms with Gasteiger partial charge in [0.15, 0.2) is 0 Å². The average molecular weight is 334 g/mol. The second-order valence-electron chi connectivity index (χ2n) is 6.90. The quantitative estimate of drug-likeness (QED) is 0.870. The van der Waals surface area contributed by atoms with Crippen molar-refractivity contribution in [3.05, 3.63) is 29.8 Å². The van der Waals surface area contributed by atoms with Gasteiger partial charge < -0.3 is 24.4 Å². The summed E-state index contributed by atoms with van der Waals surface area (Å²) in [6, 6.07) is 7.23. The van der Waals surface area contributed by atoms with Gasteiger partial charge in [-0.2, -0.15) is 0 Å². The topological polar surface area (TPSA) is 62.2 Å². The zero-order valence-electron chi connectivity index (χ0n) is 14.4. The van der Waals surface area contributed by atoms with Crippen LogP contribution in [0.2, 0.25) is 0 Å². The molecular weight excluding hydrogens is 308 g/mol. The summed E-state index contributed by atoms with van der Waals surface area (Å²) in [6.07, 6.45) is 1.14.